The van der Waals surface area contributed by atoms with Gasteiger partial charge in [-0.25, -0.2) is 57.6 Å². The summed E-state index contributed by atoms with van der Waals surface area (Å²) in [6, 6.07) is 96.7. The molecule has 0 unspecified atom stereocenters. The number of hydrogen-bond acceptors (Lipinski definition) is 3. The quantitative estimate of drug-likeness (QED) is 0.134. The van der Waals surface area contributed by atoms with Gasteiger partial charge >= 0.3 is 93.3 Å². The largest absolute Gasteiger partial charge is 2.00 e. The van der Waals surface area contributed by atoms with Gasteiger partial charge in [-0.3, -0.25) is 0 Å². The molecule has 0 bridgehead atoms. The van der Waals surface area contributed by atoms with Crippen molar-refractivity contribution in [2.24, 2.45) is 0 Å². The molecule has 3 nitrogen and oxygen atoms in total. The van der Waals surface area contributed by atoms with E-state index in [0.29, 0.717) is 0 Å². The Labute approximate surface area is 468 Å². The molecule has 0 amide bonds. The van der Waals surface area contributed by atoms with Crippen molar-refractivity contribution in [2.45, 2.75) is 0 Å². The Morgan fingerprint density at radius 3 is 1.56 bits per heavy atom. The minimum absolute atomic E-state index is 0. The monoisotopic (exact) mass is 1540 g/mol. The second kappa shape index (κ2) is 21.0. The first-order valence-electron chi connectivity index (χ1n) is 21.7. The van der Waals surface area contributed by atoms with Gasteiger partial charge in [-0.1, -0.05) is 102 Å². The fourth-order valence-corrected chi connectivity index (χ4v) is 8.95. The van der Waals surface area contributed by atoms with Gasteiger partial charge in [-0.15, -0.1) is 35.0 Å². The maximum Gasteiger partial charge on any atom is 2.00 e. The normalized spacial score (nSPS) is 10.9. The number of fused-ring (bicyclic) bond motifs is 5. The van der Waals surface area contributed by atoms with Gasteiger partial charge in [0.25, 0.3) is 0 Å². The first-order valence-corrected chi connectivity index (χ1v) is 21.7. The Bertz CT molecular complexity index is 3690. The van der Waals surface area contributed by atoms with Crippen molar-refractivity contribution in [1.29, 1.82) is 0 Å². The van der Waals surface area contributed by atoms with E-state index in [2.05, 4.69) is 210 Å². The molecule has 12 rings (SSSR count). The van der Waals surface area contributed by atoms with E-state index in [9.17, 15) is 0 Å². The van der Waals surface area contributed by atoms with Crippen LogP contribution in [0.1, 0.15) is 0 Å². The third-order valence-electron chi connectivity index (χ3n) is 12.0. The van der Waals surface area contributed by atoms with Crippen LogP contribution in [-0.4, -0.2) is 0 Å². The Hall–Kier alpha value is -5.50. The van der Waals surface area contributed by atoms with E-state index in [0.717, 1.165) is 111 Å². The zero-order chi connectivity index (χ0) is 43.1. The van der Waals surface area contributed by atoms with Gasteiger partial charge in [0.2, 0.25) is 0 Å². The second-order valence-corrected chi connectivity index (χ2v) is 16.0. The van der Waals surface area contributed by atoms with Crippen LogP contribution in [0.5, 0.6) is 0 Å². The maximum atomic E-state index is 6.53. The number of nitrogens with zero attached hydrogens (tertiary/aromatic N) is 2. The van der Waals surface area contributed by atoms with Gasteiger partial charge < -0.3 is 14.2 Å². The van der Waals surface area contributed by atoms with Crippen LogP contribution in [0, 0.1) is 130 Å². The van der Waals surface area contributed by atoms with Crippen LogP contribution in [0.4, 0.5) is 34.1 Å². The van der Waals surface area contributed by atoms with Crippen LogP contribution >= 0.6 is 0 Å². The minimum Gasteiger partial charge on any atom is -0.454 e. The zero-order valence-electron chi connectivity index (χ0n) is 36.6. The predicted octanol–water partition coefficient (Wildman–Crippen LogP) is 16.6. The summed E-state index contributed by atoms with van der Waals surface area (Å²) in [5.74, 6) is 0. The third kappa shape index (κ3) is 9.21. The molecule has 0 fully saturated rings. The van der Waals surface area contributed by atoms with Crippen molar-refractivity contribution in [2.75, 3.05) is 9.80 Å². The van der Waals surface area contributed by atoms with Gasteiger partial charge in [0.1, 0.15) is 5.58 Å². The number of furan rings is 1. The van der Waals surface area contributed by atoms with Crippen LogP contribution < -0.4 is 9.80 Å². The van der Waals surface area contributed by atoms with E-state index in [1.165, 1.54) is 0 Å². The van der Waals surface area contributed by atoms with E-state index in [4.69, 9.17) is 4.42 Å². The molecule has 0 saturated carbocycles. The maximum absolute atomic E-state index is 6.53. The fraction of sp³-hybridized carbons (Fsp3) is 0. The fourth-order valence-electron chi connectivity index (χ4n) is 8.95. The SMILES string of the molecule is [U+2].[U+2].[U+2].[c-]1ccccc1-c1[c-]c(N(c2ccccc2)c2ccc3cc(-c4[c-]cc[c-]c4-c4[c-]cc5cc(N(c6ccccc6)c6cccc7c6oc6ccccc67)ccc5c4)[c-]cc3c2)ccc1. The third-order valence-corrected chi connectivity index (χ3v) is 12.0. The second-order valence-electron chi connectivity index (χ2n) is 16.0. The standard InChI is InChI=1S/C62H36N2O.3U/c1-4-16-43(17-5-1)44-18-14-23-53(40-44)63(51-19-6-2-7-20-51)54-36-34-45-38-49(32-30-47(45)41-54)56-24-10-11-25-57(56)50-33-31-48-42-55(37-35-46(48)39-50)64(52-21-8-3-9-22-52)60-28-15-27-59-58-26-12-13-29-61(58)65-62(59)60;;;/h1-16,18-23,26-31,34-39,41-42H;;;/q-6;3*+2. The van der Waals surface area contributed by atoms with E-state index >= 15 is 0 Å². The van der Waals surface area contributed by atoms with E-state index in [-0.39, 0.29) is 93.3 Å². The summed E-state index contributed by atoms with van der Waals surface area (Å²) < 4.78 is 6.53. The summed E-state index contributed by atoms with van der Waals surface area (Å²) in [7, 11) is 0. The van der Waals surface area contributed by atoms with Crippen LogP contribution in [0.2, 0.25) is 0 Å². The molecule has 0 N–H and O–H groups in total. The predicted molar refractivity (Wildman–Crippen MR) is 267 cm³/mol. The van der Waals surface area contributed by atoms with Gasteiger partial charge in [-0.05, 0) is 54.2 Å². The summed E-state index contributed by atoms with van der Waals surface area (Å²) in [5, 5.41) is 6.55. The number of benzene rings is 11. The Morgan fingerprint density at radius 2 is 0.912 bits per heavy atom. The molecule has 312 valence electrons. The molecule has 1 aromatic heterocycles. The van der Waals surface area contributed by atoms with Crippen LogP contribution in [0.25, 0.3) is 76.9 Å². The van der Waals surface area contributed by atoms with Gasteiger partial charge in [0.05, 0.1) is 5.69 Å². The van der Waals surface area contributed by atoms with Gasteiger partial charge in [-0.2, -0.15) is 66.7 Å². The molecule has 11 aromatic carbocycles. The number of para-hydroxylation sites is 4. The smallest absolute Gasteiger partial charge is 0.454 e. The molecule has 0 aliphatic rings. The van der Waals surface area contributed by atoms with Crippen molar-refractivity contribution in [3.63, 3.8) is 0 Å². The van der Waals surface area contributed by atoms with Gasteiger partial charge in [0.15, 0.2) is 5.58 Å². The summed E-state index contributed by atoms with van der Waals surface area (Å²) in [5.41, 5.74) is 13.5. The molecule has 0 spiro atoms. The van der Waals surface area contributed by atoms with Crippen molar-refractivity contribution >= 4 is 77.6 Å². The first kappa shape index (κ1) is 47.6. The Balaban J connectivity index is 0.00000193. The average molecular weight is 1540 g/mol. The summed E-state index contributed by atoms with van der Waals surface area (Å²) in [6.45, 7) is 0. The average Bonchev–Trinajstić information content (AvgIpc) is 3.77. The van der Waals surface area contributed by atoms with E-state index in [1.54, 1.807) is 0 Å². The summed E-state index contributed by atoms with van der Waals surface area (Å²) in [6.07, 6.45) is 0. The van der Waals surface area contributed by atoms with Crippen molar-refractivity contribution in [3.8, 4) is 33.4 Å². The number of hydrogen-bond donors (Lipinski definition) is 0. The van der Waals surface area contributed by atoms with Crippen LogP contribution in [0.15, 0.2) is 223 Å². The molecule has 68 heavy (non-hydrogen) atoms. The molecular weight excluding hydrogens is 1500 g/mol. The molecule has 6 heteroatoms. The minimum atomic E-state index is 0. The van der Waals surface area contributed by atoms with Crippen molar-refractivity contribution < 1.29 is 97.8 Å². The molecule has 0 aliphatic heterocycles. The zero-order valence-corrected chi connectivity index (χ0v) is 49.1. The van der Waals surface area contributed by atoms with Crippen LogP contribution in [-0.2, 0) is 0 Å². The molecular formula is C62H36N2OU3. The van der Waals surface area contributed by atoms with E-state index in [1.807, 2.05) is 54.6 Å². The molecule has 1 heterocycles. The molecule has 12 aromatic rings. The van der Waals surface area contributed by atoms with Gasteiger partial charge in [0, 0.05) is 33.5 Å². The van der Waals surface area contributed by atoms with Crippen LogP contribution in [0.3, 0.4) is 0 Å². The number of anilines is 6. The Morgan fingerprint density at radius 1 is 0.353 bits per heavy atom. The first-order chi connectivity index (χ1) is 32.2. The van der Waals surface area contributed by atoms with Crippen molar-refractivity contribution in [1.82, 2.24) is 0 Å². The van der Waals surface area contributed by atoms with E-state index < -0.39 is 0 Å². The Kier molecular flexibility index (Phi) is 14.7. The molecule has 0 radical (unpaired) electrons. The summed E-state index contributed by atoms with van der Waals surface area (Å²) in [4.78, 5) is 4.52. The topological polar surface area (TPSA) is 19.6 Å². The molecule has 0 aliphatic carbocycles. The molecule has 0 atom stereocenters. The van der Waals surface area contributed by atoms with Crippen molar-refractivity contribution in [3.05, 3.63) is 255 Å². The number of rotatable bonds is 9. The summed E-state index contributed by atoms with van der Waals surface area (Å²) >= 11 is 0. The molecule has 0 saturated heterocycles.